The largest absolute Gasteiger partial charge is 0.272 e. The van der Waals surface area contributed by atoms with E-state index in [0.29, 0.717) is 11.1 Å². The van der Waals surface area contributed by atoms with Crippen molar-refractivity contribution in [2.75, 3.05) is 0 Å². The molecule has 2 aromatic rings. The molecule has 1 N–H and O–H groups in total. The van der Waals surface area contributed by atoms with Gasteiger partial charge in [-0.05, 0) is 37.1 Å². The maximum Gasteiger partial charge on any atom is 0.272 e. The molecule has 0 aliphatic heterocycles. The summed E-state index contributed by atoms with van der Waals surface area (Å²) in [6.07, 6.45) is 3.48. The molecule has 1 amide bonds. The van der Waals surface area contributed by atoms with Gasteiger partial charge in [-0.2, -0.15) is 5.10 Å². The van der Waals surface area contributed by atoms with Crippen LogP contribution in [-0.4, -0.2) is 17.0 Å². The van der Waals surface area contributed by atoms with Gasteiger partial charge in [-0.25, -0.2) is 5.43 Å². The second-order valence-corrected chi connectivity index (χ2v) is 5.26. The van der Waals surface area contributed by atoms with Crippen LogP contribution >= 0.6 is 0 Å². The van der Waals surface area contributed by atoms with Crippen LogP contribution in [0, 0.1) is 17.0 Å². The van der Waals surface area contributed by atoms with Gasteiger partial charge in [0.05, 0.1) is 11.1 Å². The lowest BCUT2D eigenvalue weighted by Crippen LogP contribution is -2.17. The fourth-order valence-electron chi connectivity index (χ4n) is 2.11. The number of hydrogen-bond acceptors (Lipinski definition) is 4. The van der Waals surface area contributed by atoms with Crippen LogP contribution in [0.3, 0.4) is 0 Å². The third-order valence-corrected chi connectivity index (χ3v) is 3.28. The van der Waals surface area contributed by atoms with Gasteiger partial charge < -0.3 is 0 Å². The molecule has 122 valence electrons. The van der Waals surface area contributed by atoms with Crippen LogP contribution in [0.15, 0.2) is 59.2 Å². The number of benzene rings is 2. The molecule has 24 heavy (non-hydrogen) atoms. The van der Waals surface area contributed by atoms with E-state index in [4.69, 9.17) is 0 Å². The average molecular weight is 323 g/mol. The normalized spacial score (nSPS) is 11.5. The molecule has 6 heteroatoms. The molecule has 0 spiro atoms. The zero-order valence-corrected chi connectivity index (χ0v) is 13.4. The summed E-state index contributed by atoms with van der Waals surface area (Å²) in [6, 6.07) is 13.9. The van der Waals surface area contributed by atoms with E-state index in [1.807, 2.05) is 43.3 Å². The lowest BCUT2D eigenvalue weighted by molar-refractivity contribution is -0.385. The summed E-state index contributed by atoms with van der Waals surface area (Å²) in [6.45, 7) is 3.46. The van der Waals surface area contributed by atoms with E-state index in [2.05, 4.69) is 10.5 Å². The first-order chi connectivity index (χ1) is 11.5. The summed E-state index contributed by atoms with van der Waals surface area (Å²) in [5.41, 5.74) is 5.06. The Bertz CT molecular complexity index is 812. The first-order valence-corrected chi connectivity index (χ1v) is 7.29. The number of hydrazone groups is 1. The molecule has 0 atom stereocenters. The number of nitro groups is 1. The topological polar surface area (TPSA) is 84.6 Å². The van der Waals surface area contributed by atoms with E-state index in [-0.39, 0.29) is 5.69 Å². The Kier molecular flexibility index (Phi) is 5.57. The summed E-state index contributed by atoms with van der Waals surface area (Å²) in [5, 5.41) is 14.7. The molecule has 2 rings (SSSR count). The number of hydrogen-bond donors (Lipinski definition) is 1. The molecule has 6 nitrogen and oxygen atoms in total. The summed E-state index contributed by atoms with van der Waals surface area (Å²) in [5.74, 6) is -0.420. The van der Waals surface area contributed by atoms with Crippen molar-refractivity contribution in [2.45, 2.75) is 13.8 Å². The maximum atomic E-state index is 12.0. The molecule has 0 aliphatic carbocycles. The van der Waals surface area contributed by atoms with Gasteiger partial charge in [-0.15, -0.1) is 0 Å². The predicted molar refractivity (Wildman–Crippen MR) is 93.9 cm³/mol. The quantitative estimate of drug-likeness (QED) is 0.517. The number of nitrogens with zero attached hydrogens (tertiary/aromatic N) is 2. The first-order valence-electron chi connectivity index (χ1n) is 7.29. The predicted octanol–water partition coefficient (Wildman–Crippen LogP) is 3.72. The molecule has 0 bridgehead atoms. The van der Waals surface area contributed by atoms with Crippen molar-refractivity contribution in [3.8, 4) is 0 Å². The molecule has 0 fully saturated rings. The lowest BCUT2D eigenvalue weighted by Gasteiger charge is -2.02. The van der Waals surface area contributed by atoms with Gasteiger partial charge in [0.1, 0.15) is 0 Å². The Morgan fingerprint density at radius 2 is 1.92 bits per heavy atom. The smallest absolute Gasteiger partial charge is 0.267 e. The molecule has 0 unspecified atom stereocenters. The van der Waals surface area contributed by atoms with Gasteiger partial charge in [0, 0.05) is 17.2 Å². The standard InChI is InChI=1S/C18H17N3O3/c1-13(10-15-6-4-3-5-7-15)12-19-20-18(22)16-8-9-17(21(23)24)14(2)11-16/h3-12H,1-2H3,(H,20,22)/b13-10+,19-12+. The minimum atomic E-state index is -0.479. The van der Waals surface area contributed by atoms with Crippen LogP contribution < -0.4 is 5.43 Å². The van der Waals surface area contributed by atoms with Crippen molar-refractivity contribution >= 4 is 23.9 Å². The molecular weight excluding hydrogens is 306 g/mol. The molecule has 2 aromatic carbocycles. The van der Waals surface area contributed by atoms with Crippen LogP contribution in [0.25, 0.3) is 6.08 Å². The fraction of sp³-hybridized carbons (Fsp3) is 0.111. The minimum Gasteiger partial charge on any atom is -0.267 e. The minimum absolute atomic E-state index is 0.0170. The Hall–Kier alpha value is -3.28. The highest BCUT2D eigenvalue weighted by Crippen LogP contribution is 2.18. The summed E-state index contributed by atoms with van der Waals surface area (Å²) in [4.78, 5) is 22.3. The van der Waals surface area contributed by atoms with Crippen LogP contribution in [0.2, 0.25) is 0 Å². The highest BCUT2D eigenvalue weighted by atomic mass is 16.6. The third-order valence-electron chi connectivity index (χ3n) is 3.28. The SMILES string of the molecule is CC(/C=N/NC(=O)c1ccc([N+](=O)[O-])c(C)c1)=C\c1ccccc1. The molecule has 0 saturated heterocycles. The number of carbonyl (C=O) groups excluding carboxylic acids is 1. The highest BCUT2D eigenvalue weighted by Gasteiger charge is 2.13. The molecule has 0 radical (unpaired) electrons. The van der Waals surface area contributed by atoms with Crippen molar-refractivity contribution in [3.05, 3.63) is 80.9 Å². The van der Waals surface area contributed by atoms with Gasteiger partial charge in [0.25, 0.3) is 11.6 Å². The van der Waals surface area contributed by atoms with Gasteiger partial charge in [-0.1, -0.05) is 36.4 Å². The average Bonchev–Trinajstić information content (AvgIpc) is 2.55. The molecule has 0 heterocycles. The van der Waals surface area contributed by atoms with Crippen molar-refractivity contribution in [2.24, 2.45) is 5.10 Å². The summed E-state index contributed by atoms with van der Waals surface area (Å²) < 4.78 is 0. The Morgan fingerprint density at radius 3 is 2.54 bits per heavy atom. The van der Waals surface area contributed by atoms with E-state index in [9.17, 15) is 14.9 Å². The van der Waals surface area contributed by atoms with Crippen molar-refractivity contribution < 1.29 is 9.72 Å². The number of carbonyl (C=O) groups is 1. The van der Waals surface area contributed by atoms with Crippen LogP contribution in [0.5, 0.6) is 0 Å². The second-order valence-electron chi connectivity index (χ2n) is 5.26. The number of rotatable bonds is 5. The maximum absolute atomic E-state index is 12.0. The number of nitrogens with one attached hydrogen (secondary N) is 1. The number of nitro benzene ring substituents is 1. The van der Waals surface area contributed by atoms with Gasteiger partial charge in [0.2, 0.25) is 0 Å². The van der Waals surface area contributed by atoms with E-state index < -0.39 is 10.8 Å². The molecule has 0 aromatic heterocycles. The fourth-order valence-corrected chi connectivity index (χ4v) is 2.11. The number of allylic oxidation sites excluding steroid dienone is 1. The van der Waals surface area contributed by atoms with Crippen molar-refractivity contribution in [3.63, 3.8) is 0 Å². The molecule has 0 saturated carbocycles. The Balaban J connectivity index is 2.01. The molecular formula is C18H17N3O3. The van der Waals surface area contributed by atoms with Gasteiger partial charge >= 0.3 is 0 Å². The Morgan fingerprint density at radius 1 is 1.21 bits per heavy atom. The van der Waals surface area contributed by atoms with Crippen LogP contribution in [0.4, 0.5) is 5.69 Å². The van der Waals surface area contributed by atoms with Gasteiger partial charge in [-0.3, -0.25) is 14.9 Å². The zero-order chi connectivity index (χ0) is 17.5. The number of amides is 1. The molecule has 0 aliphatic rings. The zero-order valence-electron chi connectivity index (χ0n) is 13.4. The van der Waals surface area contributed by atoms with Crippen molar-refractivity contribution in [1.82, 2.24) is 5.43 Å². The van der Waals surface area contributed by atoms with Crippen LogP contribution in [0.1, 0.15) is 28.4 Å². The van der Waals surface area contributed by atoms with Crippen LogP contribution in [-0.2, 0) is 0 Å². The van der Waals surface area contributed by atoms with E-state index in [0.717, 1.165) is 11.1 Å². The monoisotopic (exact) mass is 323 g/mol. The van der Waals surface area contributed by atoms with E-state index >= 15 is 0 Å². The van der Waals surface area contributed by atoms with Gasteiger partial charge in [0.15, 0.2) is 0 Å². The van der Waals surface area contributed by atoms with E-state index in [1.54, 1.807) is 13.1 Å². The Labute approximate surface area is 139 Å². The summed E-state index contributed by atoms with van der Waals surface area (Å²) >= 11 is 0. The first kappa shape index (κ1) is 17.1. The lowest BCUT2D eigenvalue weighted by atomic mass is 10.1. The van der Waals surface area contributed by atoms with Crippen molar-refractivity contribution in [1.29, 1.82) is 0 Å². The second kappa shape index (κ2) is 7.82. The van der Waals surface area contributed by atoms with E-state index in [1.165, 1.54) is 18.2 Å². The third kappa shape index (κ3) is 4.61. The highest BCUT2D eigenvalue weighted by molar-refractivity contribution is 5.95. The summed E-state index contributed by atoms with van der Waals surface area (Å²) in [7, 11) is 0. The number of aryl methyl sites for hydroxylation is 1.